The highest BCUT2D eigenvalue weighted by Gasteiger charge is 2.17. The highest BCUT2D eigenvalue weighted by molar-refractivity contribution is 7.16. The predicted octanol–water partition coefficient (Wildman–Crippen LogP) is 4.29. The zero-order chi connectivity index (χ0) is 22.6. The lowest BCUT2D eigenvalue weighted by molar-refractivity contribution is -0.376. The summed E-state index contributed by atoms with van der Waals surface area (Å²) in [7, 11) is 0. The molecule has 0 spiro atoms. The van der Waals surface area contributed by atoms with Crippen LogP contribution in [0.25, 0.3) is 10.2 Å². The Bertz CT molecular complexity index is 1260. The molecule has 5 rings (SSSR count). The van der Waals surface area contributed by atoms with Gasteiger partial charge in [-0.05, 0) is 48.2 Å². The van der Waals surface area contributed by atoms with Crippen molar-refractivity contribution in [3.8, 4) is 0 Å². The number of nitrogens with one attached hydrogen (secondary N) is 1. The maximum absolute atomic E-state index is 12.8. The predicted molar refractivity (Wildman–Crippen MR) is 131 cm³/mol. The fourth-order valence-electron chi connectivity index (χ4n) is 4.46. The van der Waals surface area contributed by atoms with Crippen molar-refractivity contribution in [1.82, 2.24) is 14.9 Å². The third-order valence-corrected chi connectivity index (χ3v) is 6.95. The average Bonchev–Trinajstić information content (AvgIpc) is 3.10. The summed E-state index contributed by atoms with van der Waals surface area (Å²) in [5, 5.41) is 0. The number of amides is 1. The number of benzene rings is 2. The van der Waals surface area contributed by atoms with Crippen molar-refractivity contribution in [2.75, 3.05) is 18.8 Å². The first-order chi connectivity index (χ1) is 16.1. The molecule has 0 unspecified atom stereocenters. The van der Waals surface area contributed by atoms with Gasteiger partial charge in [-0.2, -0.15) is 0 Å². The molecule has 0 saturated carbocycles. The van der Waals surface area contributed by atoms with Crippen LogP contribution >= 0.6 is 11.3 Å². The minimum atomic E-state index is 0.142. The second-order valence-electron chi connectivity index (χ2n) is 8.69. The number of anilines is 1. The second-order valence-corrected chi connectivity index (χ2v) is 9.58. The molecule has 0 aliphatic carbocycles. The minimum Gasteiger partial charge on any atom is -0.339 e. The maximum atomic E-state index is 12.8. The Hall–Kier alpha value is -3.32. The lowest BCUT2D eigenvalue weighted by atomic mass is 10.0. The molecule has 6 nitrogen and oxygen atoms in total. The second kappa shape index (κ2) is 9.67. The summed E-state index contributed by atoms with van der Waals surface area (Å²) < 4.78 is 1.18. The standard InChI is InChI=1S/C26H27N5OS/c27-26-29-21(16-22(30-26)14-19-7-10-23-24(15-19)33-17-28-23)13-18-5-8-20(9-6-18)25(32)31-11-3-1-2-4-12-31/h5-10,15-17H,1-4,11-14H2,(H2,27,29,30)/p+1. The van der Waals surface area contributed by atoms with Gasteiger partial charge in [-0.15, -0.1) is 11.3 Å². The van der Waals surface area contributed by atoms with Crippen LogP contribution in [0.4, 0.5) is 5.95 Å². The molecule has 0 radical (unpaired) electrons. The van der Waals surface area contributed by atoms with E-state index >= 15 is 0 Å². The maximum Gasteiger partial charge on any atom is 0.387 e. The summed E-state index contributed by atoms with van der Waals surface area (Å²) in [5.74, 6) is 0.553. The van der Waals surface area contributed by atoms with E-state index in [9.17, 15) is 4.79 Å². The van der Waals surface area contributed by atoms with Crippen LogP contribution in [-0.2, 0) is 12.8 Å². The molecule has 1 aliphatic heterocycles. The van der Waals surface area contributed by atoms with Gasteiger partial charge in [0, 0.05) is 37.6 Å². The minimum absolute atomic E-state index is 0.142. The molecule has 0 atom stereocenters. The molecule has 0 bridgehead atoms. The number of aromatic nitrogens is 3. The molecular formula is C26H28N5OS+. The van der Waals surface area contributed by atoms with Crippen LogP contribution < -0.4 is 10.7 Å². The number of thiazole rings is 1. The van der Waals surface area contributed by atoms with Gasteiger partial charge in [-0.3, -0.25) is 10.5 Å². The topological polar surface area (TPSA) is 86.2 Å². The van der Waals surface area contributed by atoms with Crippen molar-refractivity contribution in [3.63, 3.8) is 0 Å². The van der Waals surface area contributed by atoms with Gasteiger partial charge in [0.15, 0.2) is 0 Å². The molecule has 4 aromatic rings. The number of nitrogens with zero attached hydrogens (tertiary/aromatic N) is 3. The highest BCUT2D eigenvalue weighted by atomic mass is 32.1. The number of carbonyl (C=O) groups is 1. The van der Waals surface area contributed by atoms with Crippen LogP contribution in [0.5, 0.6) is 0 Å². The van der Waals surface area contributed by atoms with Gasteiger partial charge in [0.2, 0.25) is 0 Å². The highest BCUT2D eigenvalue weighted by Crippen LogP contribution is 2.21. The van der Waals surface area contributed by atoms with Crippen molar-refractivity contribution in [1.29, 1.82) is 0 Å². The number of nitrogens with two attached hydrogens (primary N) is 1. The summed E-state index contributed by atoms with van der Waals surface area (Å²) in [5.41, 5.74) is 14.0. The van der Waals surface area contributed by atoms with Crippen molar-refractivity contribution in [3.05, 3.63) is 82.1 Å². The molecule has 3 N–H and O–H groups in total. The Kier molecular flexibility index (Phi) is 6.30. The smallest absolute Gasteiger partial charge is 0.339 e. The molecule has 33 heavy (non-hydrogen) atoms. The molecule has 3 heterocycles. The lowest BCUT2D eigenvalue weighted by Gasteiger charge is -2.20. The van der Waals surface area contributed by atoms with E-state index in [0.29, 0.717) is 18.8 Å². The van der Waals surface area contributed by atoms with Gasteiger partial charge in [-0.25, -0.2) is 9.97 Å². The quantitative estimate of drug-likeness (QED) is 0.483. The van der Waals surface area contributed by atoms with Crippen molar-refractivity contribution in [2.45, 2.75) is 38.5 Å². The van der Waals surface area contributed by atoms with Crippen LogP contribution in [0.3, 0.4) is 0 Å². The number of hydrogen-bond acceptors (Lipinski definition) is 5. The molecular weight excluding hydrogens is 430 g/mol. The first kappa shape index (κ1) is 21.5. The normalized spacial score (nSPS) is 14.4. The zero-order valence-corrected chi connectivity index (χ0v) is 19.4. The van der Waals surface area contributed by atoms with Crippen LogP contribution in [0.15, 0.2) is 54.0 Å². The summed E-state index contributed by atoms with van der Waals surface area (Å²) in [6, 6.07) is 16.3. The lowest BCUT2D eigenvalue weighted by Crippen LogP contribution is -2.31. The van der Waals surface area contributed by atoms with E-state index in [1.54, 1.807) is 11.3 Å². The van der Waals surface area contributed by atoms with Gasteiger partial charge >= 0.3 is 5.95 Å². The molecule has 2 aromatic carbocycles. The Morgan fingerprint density at radius 2 is 1.73 bits per heavy atom. The van der Waals surface area contributed by atoms with Crippen molar-refractivity contribution >= 4 is 33.4 Å². The van der Waals surface area contributed by atoms with Gasteiger partial charge in [0.1, 0.15) is 5.69 Å². The third-order valence-electron chi connectivity index (χ3n) is 6.16. The zero-order valence-electron chi connectivity index (χ0n) is 18.6. The largest absolute Gasteiger partial charge is 0.387 e. The number of hydrogen-bond donors (Lipinski definition) is 1. The Labute approximate surface area is 197 Å². The van der Waals surface area contributed by atoms with Gasteiger partial charge in [-0.1, -0.05) is 36.0 Å². The van der Waals surface area contributed by atoms with Gasteiger partial charge in [0.25, 0.3) is 5.91 Å². The van der Waals surface area contributed by atoms with E-state index in [0.717, 1.165) is 54.0 Å². The number of aromatic amines is 1. The van der Waals surface area contributed by atoms with Gasteiger partial charge in [0.05, 0.1) is 21.4 Å². The number of H-pyrrole nitrogens is 1. The monoisotopic (exact) mass is 458 g/mol. The summed E-state index contributed by atoms with van der Waals surface area (Å²) in [4.78, 5) is 26.9. The molecule has 1 fully saturated rings. The summed E-state index contributed by atoms with van der Waals surface area (Å²) >= 11 is 1.64. The van der Waals surface area contributed by atoms with E-state index in [4.69, 9.17) is 5.73 Å². The van der Waals surface area contributed by atoms with Crippen LogP contribution in [0, 0.1) is 0 Å². The Morgan fingerprint density at radius 3 is 2.52 bits per heavy atom. The van der Waals surface area contributed by atoms with E-state index in [1.807, 2.05) is 34.7 Å². The Morgan fingerprint density at radius 1 is 0.970 bits per heavy atom. The molecule has 2 aromatic heterocycles. The number of fused-ring (bicyclic) bond motifs is 1. The van der Waals surface area contributed by atoms with Gasteiger partial charge < -0.3 is 4.90 Å². The van der Waals surface area contributed by atoms with E-state index < -0.39 is 0 Å². The average molecular weight is 459 g/mol. The van der Waals surface area contributed by atoms with Crippen LogP contribution in [0.1, 0.15) is 58.6 Å². The fourth-order valence-corrected chi connectivity index (χ4v) is 5.20. The first-order valence-corrected chi connectivity index (χ1v) is 12.4. The third kappa shape index (κ3) is 5.20. The number of nitrogen functional groups attached to an aromatic ring is 1. The molecule has 1 saturated heterocycles. The van der Waals surface area contributed by atoms with Crippen LogP contribution in [0.2, 0.25) is 0 Å². The fraction of sp³-hybridized carbons (Fsp3) is 0.308. The molecule has 1 amide bonds. The number of likely N-dealkylation sites (tertiary alicyclic amines) is 1. The van der Waals surface area contributed by atoms with Crippen molar-refractivity contribution < 1.29 is 9.78 Å². The molecule has 7 heteroatoms. The summed E-state index contributed by atoms with van der Waals surface area (Å²) in [6.07, 6.45) is 6.05. The molecule has 168 valence electrons. The Balaban J connectivity index is 1.28. The number of carbonyl (C=O) groups excluding carboxylic acids is 1. The first-order valence-electron chi connectivity index (χ1n) is 11.5. The van der Waals surface area contributed by atoms with Crippen molar-refractivity contribution in [2.24, 2.45) is 0 Å². The SMILES string of the molecule is Nc1nc(Cc2ccc3ncsc3c2)cc(Cc2ccc(C(=O)N3CCCCCC3)cc2)[nH+]1. The number of rotatable bonds is 5. The van der Waals surface area contributed by atoms with E-state index in [2.05, 4.69) is 39.2 Å². The van der Waals surface area contributed by atoms with Crippen LogP contribution in [-0.4, -0.2) is 33.9 Å². The summed E-state index contributed by atoms with van der Waals surface area (Å²) in [6.45, 7) is 1.73. The van der Waals surface area contributed by atoms with E-state index in [1.165, 1.54) is 23.1 Å². The van der Waals surface area contributed by atoms with E-state index in [-0.39, 0.29) is 5.91 Å². The molecule has 1 aliphatic rings.